The number of carbonyl (C=O) groups is 1. The Labute approximate surface area is 168 Å². The molecule has 1 aliphatic rings. The molecule has 1 aromatic carbocycles. The van der Waals surface area contributed by atoms with Gasteiger partial charge in [-0.1, -0.05) is 0 Å². The number of ether oxygens (including phenoxy) is 1. The summed E-state index contributed by atoms with van der Waals surface area (Å²) in [6.45, 7) is 0. The maximum Gasteiger partial charge on any atom is 0.418 e. The number of carbonyl (C=O) groups excluding carboxylic acids is 1. The maximum absolute atomic E-state index is 13.3. The predicted octanol–water partition coefficient (Wildman–Crippen LogP) is 3.83. The van der Waals surface area contributed by atoms with E-state index in [9.17, 15) is 18.0 Å². The summed E-state index contributed by atoms with van der Waals surface area (Å²) in [7, 11) is 1.06. The summed E-state index contributed by atoms with van der Waals surface area (Å²) < 4.78 is 45.6. The molecule has 9 nitrogen and oxygen atoms in total. The van der Waals surface area contributed by atoms with Gasteiger partial charge in [0.15, 0.2) is 11.5 Å². The number of amides is 1. The third kappa shape index (κ3) is 4.02. The number of benzene rings is 1. The quantitative estimate of drug-likeness (QED) is 0.494. The van der Waals surface area contributed by atoms with Gasteiger partial charge in [-0.05, 0) is 31.0 Å². The molecule has 12 heteroatoms. The molecule has 1 amide bonds. The number of nitrogens with zero attached hydrogens (tertiary/aromatic N) is 3. The van der Waals surface area contributed by atoms with Crippen molar-refractivity contribution in [1.82, 2.24) is 14.6 Å². The molecule has 0 atom stereocenters. The van der Waals surface area contributed by atoms with E-state index in [1.165, 1.54) is 16.8 Å². The van der Waals surface area contributed by atoms with Crippen LogP contribution in [0.5, 0.6) is 0 Å². The van der Waals surface area contributed by atoms with Gasteiger partial charge < -0.3 is 21.1 Å². The first-order valence-corrected chi connectivity index (χ1v) is 8.98. The second kappa shape index (κ2) is 7.28. The molecule has 2 heterocycles. The van der Waals surface area contributed by atoms with Gasteiger partial charge in [-0.3, -0.25) is 5.32 Å². The van der Waals surface area contributed by atoms with E-state index >= 15 is 0 Å². The Balaban J connectivity index is 1.69. The lowest BCUT2D eigenvalue weighted by atomic mass is 10.1. The third-order valence-corrected chi connectivity index (χ3v) is 4.45. The zero-order chi connectivity index (χ0) is 21.5. The predicted molar refractivity (Wildman–Crippen MR) is 105 cm³/mol. The van der Waals surface area contributed by atoms with Crippen LogP contribution in [0.4, 0.5) is 46.7 Å². The number of anilines is 5. The van der Waals surface area contributed by atoms with Crippen molar-refractivity contribution >= 4 is 40.4 Å². The number of hydrogen-bond donors (Lipinski definition) is 4. The first-order valence-electron chi connectivity index (χ1n) is 8.98. The molecule has 1 saturated carbocycles. The molecule has 0 spiro atoms. The van der Waals surface area contributed by atoms with Gasteiger partial charge >= 0.3 is 12.3 Å². The van der Waals surface area contributed by atoms with E-state index in [0.29, 0.717) is 29.0 Å². The highest BCUT2D eigenvalue weighted by Crippen LogP contribution is 2.37. The van der Waals surface area contributed by atoms with Crippen molar-refractivity contribution in [2.45, 2.75) is 25.1 Å². The normalized spacial score (nSPS) is 13.9. The molecule has 1 aliphatic carbocycles. The monoisotopic (exact) mass is 421 g/mol. The van der Waals surface area contributed by atoms with Crippen LogP contribution < -0.4 is 21.7 Å². The molecule has 5 N–H and O–H groups in total. The lowest BCUT2D eigenvalue weighted by Gasteiger charge is -2.16. The van der Waals surface area contributed by atoms with Gasteiger partial charge in [0.2, 0.25) is 0 Å². The molecular weight excluding hydrogens is 403 g/mol. The number of hydrogen-bond acceptors (Lipinski definition) is 7. The standard InChI is InChI=1S/C18H18F3N7O2/c1-30-17(29)26-12-6-10(4-5-11(12)18(19,20)21)25-15-7-13(24-9-2-3-9)16-23-8-14(22)28(16)27-15/h4-9,24H,2-3,22H2,1H3,(H,25,27)(H,26,29). The van der Waals surface area contributed by atoms with Crippen molar-refractivity contribution in [3.8, 4) is 0 Å². The first-order chi connectivity index (χ1) is 14.2. The Morgan fingerprint density at radius 3 is 2.70 bits per heavy atom. The molecular formula is C18H18F3N7O2. The number of halogens is 3. The van der Waals surface area contributed by atoms with Gasteiger partial charge in [0.1, 0.15) is 5.82 Å². The fraction of sp³-hybridized carbons (Fsp3) is 0.278. The van der Waals surface area contributed by atoms with E-state index in [-0.39, 0.29) is 5.69 Å². The fourth-order valence-corrected chi connectivity index (χ4v) is 2.88. The van der Waals surface area contributed by atoms with Crippen LogP contribution in [0, 0.1) is 0 Å². The summed E-state index contributed by atoms with van der Waals surface area (Å²) >= 11 is 0. The summed E-state index contributed by atoms with van der Waals surface area (Å²) in [5.74, 6) is 0.645. The molecule has 2 aromatic heterocycles. The smallest absolute Gasteiger partial charge is 0.418 e. The van der Waals surface area contributed by atoms with Gasteiger partial charge in [0, 0.05) is 17.8 Å². The minimum absolute atomic E-state index is 0.275. The number of nitrogens with one attached hydrogen (secondary N) is 3. The summed E-state index contributed by atoms with van der Waals surface area (Å²) in [6, 6.07) is 5.29. The number of nitrogens with two attached hydrogens (primary N) is 1. The van der Waals surface area contributed by atoms with Crippen molar-refractivity contribution in [2.75, 3.05) is 28.8 Å². The summed E-state index contributed by atoms with van der Waals surface area (Å²) in [5, 5.41) is 12.7. The molecule has 4 rings (SSSR count). The Hall–Kier alpha value is -3.70. The summed E-state index contributed by atoms with van der Waals surface area (Å²) in [6.07, 6.45) is -2.12. The van der Waals surface area contributed by atoms with Crippen LogP contribution in [0.25, 0.3) is 5.65 Å². The SMILES string of the molecule is COC(=O)Nc1cc(Nc2cc(NC3CC3)c3ncc(N)n3n2)ccc1C(F)(F)F. The van der Waals surface area contributed by atoms with Crippen molar-refractivity contribution < 1.29 is 22.7 Å². The zero-order valence-electron chi connectivity index (χ0n) is 15.7. The summed E-state index contributed by atoms with van der Waals surface area (Å²) in [4.78, 5) is 15.7. The van der Waals surface area contributed by atoms with Crippen LogP contribution in [0.3, 0.4) is 0 Å². The van der Waals surface area contributed by atoms with Crippen LogP contribution in [0.1, 0.15) is 18.4 Å². The van der Waals surface area contributed by atoms with Gasteiger partial charge in [0.05, 0.1) is 30.2 Å². The van der Waals surface area contributed by atoms with E-state index in [2.05, 4.69) is 30.8 Å². The second-order valence-corrected chi connectivity index (χ2v) is 6.78. The highest BCUT2D eigenvalue weighted by Gasteiger charge is 2.34. The average Bonchev–Trinajstić information content (AvgIpc) is 3.42. The van der Waals surface area contributed by atoms with E-state index in [4.69, 9.17) is 5.73 Å². The molecule has 30 heavy (non-hydrogen) atoms. The van der Waals surface area contributed by atoms with E-state index in [0.717, 1.165) is 32.1 Å². The highest BCUT2D eigenvalue weighted by atomic mass is 19.4. The van der Waals surface area contributed by atoms with Crippen LogP contribution in [0.15, 0.2) is 30.5 Å². The largest absolute Gasteiger partial charge is 0.453 e. The molecule has 1 fully saturated rings. The first kappa shape index (κ1) is 19.6. The summed E-state index contributed by atoms with van der Waals surface area (Å²) in [5.41, 5.74) is 5.99. The van der Waals surface area contributed by atoms with Crippen LogP contribution in [-0.4, -0.2) is 33.8 Å². The average molecular weight is 421 g/mol. The number of rotatable bonds is 5. The highest BCUT2D eigenvalue weighted by molar-refractivity contribution is 5.87. The third-order valence-electron chi connectivity index (χ3n) is 4.45. The van der Waals surface area contributed by atoms with E-state index in [1.807, 2.05) is 0 Å². The van der Waals surface area contributed by atoms with Gasteiger partial charge in [0.25, 0.3) is 0 Å². The van der Waals surface area contributed by atoms with Gasteiger partial charge in [-0.15, -0.1) is 5.10 Å². The maximum atomic E-state index is 13.3. The van der Waals surface area contributed by atoms with Crippen LogP contribution >= 0.6 is 0 Å². The minimum Gasteiger partial charge on any atom is -0.453 e. The second-order valence-electron chi connectivity index (χ2n) is 6.78. The van der Waals surface area contributed by atoms with E-state index in [1.54, 1.807) is 6.07 Å². The molecule has 0 bridgehead atoms. The Kier molecular flexibility index (Phi) is 4.76. The lowest BCUT2D eigenvalue weighted by molar-refractivity contribution is -0.136. The van der Waals surface area contributed by atoms with Crippen molar-refractivity contribution in [3.63, 3.8) is 0 Å². The number of fused-ring (bicyclic) bond motifs is 1. The topological polar surface area (TPSA) is 119 Å². The molecule has 0 aliphatic heterocycles. The van der Waals surface area contributed by atoms with Gasteiger partial charge in [-0.25, -0.2) is 9.78 Å². The molecule has 158 valence electrons. The van der Waals surface area contributed by atoms with E-state index < -0.39 is 23.5 Å². The molecule has 0 saturated heterocycles. The Morgan fingerprint density at radius 2 is 2.03 bits per heavy atom. The molecule has 0 unspecified atom stereocenters. The van der Waals surface area contributed by atoms with Crippen molar-refractivity contribution in [3.05, 3.63) is 36.0 Å². The van der Waals surface area contributed by atoms with Crippen LogP contribution in [-0.2, 0) is 10.9 Å². The number of imidazole rings is 1. The molecule has 3 aromatic rings. The number of nitrogen functional groups attached to an aromatic ring is 1. The number of aromatic nitrogens is 3. The Bertz CT molecular complexity index is 1110. The number of methoxy groups -OCH3 is 1. The van der Waals surface area contributed by atoms with Crippen molar-refractivity contribution in [2.24, 2.45) is 0 Å². The van der Waals surface area contributed by atoms with Gasteiger partial charge in [-0.2, -0.15) is 17.7 Å². The van der Waals surface area contributed by atoms with Crippen LogP contribution in [0.2, 0.25) is 0 Å². The minimum atomic E-state index is -4.65. The Morgan fingerprint density at radius 1 is 1.27 bits per heavy atom. The number of alkyl halides is 3. The lowest BCUT2D eigenvalue weighted by Crippen LogP contribution is -2.16. The zero-order valence-corrected chi connectivity index (χ0v) is 15.7. The van der Waals surface area contributed by atoms with Crippen molar-refractivity contribution in [1.29, 1.82) is 0 Å². The fourth-order valence-electron chi connectivity index (χ4n) is 2.88. The molecule has 0 radical (unpaired) electrons.